The van der Waals surface area contributed by atoms with E-state index in [1.807, 2.05) is 6.92 Å². The first kappa shape index (κ1) is 15.1. The average molecular weight is 293 g/mol. The molecule has 0 saturated carbocycles. The zero-order valence-electron chi connectivity index (χ0n) is 11.8. The largest absolute Gasteiger partial charge is 0.324 e. The van der Waals surface area contributed by atoms with Crippen LogP contribution in [0.3, 0.4) is 0 Å². The second-order valence-electron chi connectivity index (χ2n) is 5.04. The van der Waals surface area contributed by atoms with Gasteiger partial charge in [-0.25, -0.2) is 9.37 Å². The van der Waals surface area contributed by atoms with Crippen molar-refractivity contribution in [3.05, 3.63) is 51.7 Å². The molecule has 1 heterocycles. The molecule has 0 amide bonds. The van der Waals surface area contributed by atoms with Crippen molar-refractivity contribution in [2.45, 2.75) is 25.9 Å². The molecule has 0 saturated heterocycles. The highest BCUT2D eigenvalue weighted by Crippen LogP contribution is 2.16. The number of rotatable bonds is 6. The highest BCUT2D eigenvalue weighted by molar-refractivity contribution is 7.09. The predicted octanol–water partition coefficient (Wildman–Crippen LogP) is 3.11. The van der Waals surface area contributed by atoms with E-state index in [1.54, 1.807) is 23.5 Å². The molecule has 0 aliphatic rings. The molecule has 2 N–H and O–H groups in total. The molecule has 20 heavy (non-hydrogen) atoms. The minimum absolute atomic E-state index is 0.0600. The van der Waals surface area contributed by atoms with Gasteiger partial charge in [-0.1, -0.05) is 12.1 Å². The van der Waals surface area contributed by atoms with Gasteiger partial charge in [0.05, 0.1) is 10.7 Å². The molecule has 2 rings (SSSR count). The number of halogens is 1. The fourth-order valence-electron chi connectivity index (χ4n) is 2.07. The summed E-state index contributed by atoms with van der Waals surface area (Å²) in [6.45, 7) is 3.73. The maximum Gasteiger partial charge on any atom is 0.123 e. The third-order valence-corrected chi connectivity index (χ3v) is 4.04. The van der Waals surface area contributed by atoms with Gasteiger partial charge in [-0.3, -0.25) is 0 Å². The third-order valence-electron chi connectivity index (χ3n) is 3.22. The van der Waals surface area contributed by atoms with Crippen molar-refractivity contribution >= 4 is 11.3 Å². The molecule has 0 aliphatic heterocycles. The number of nitrogens with zero attached hydrogens (tertiary/aromatic N) is 2. The number of nitrogens with two attached hydrogens (primary N) is 1. The van der Waals surface area contributed by atoms with E-state index in [1.165, 1.54) is 12.1 Å². The summed E-state index contributed by atoms with van der Waals surface area (Å²) in [7, 11) is 2.06. The van der Waals surface area contributed by atoms with Gasteiger partial charge in [0.1, 0.15) is 5.82 Å². The minimum Gasteiger partial charge on any atom is -0.324 e. The fraction of sp³-hybridized carbons (Fsp3) is 0.400. The maximum absolute atomic E-state index is 12.9. The minimum atomic E-state index is -0.225. The molecule has 0 aliphatic carbocycles. The van der Waals surface area contributed by atoms with Crippen LogP contribution in [0, 0.1) is 12.7 Å². The number of aromatic nitrogens is 1. The molecule has 1 aromatic heterocycles. The Bertz CT molecular complexity index is 538. The summed E-state index contributed by atoms with van der Waals surface area (Å²) < 4.78 is 12.9. The van der Waals surface area contributed by atoms with Crippen LogP contribution in [-0.2, 0) is 6.54 Å². The van der Waals surface area contributed by atoms with E-state index in [2.05, 4.69) is 22.3 Å². The monoisotopic (exact) mass is 293 g/mol. The molecule has 0 radical (unpaired) electrons. The first-order valence-electron chi connectivity index (χ1n) is 6.65. The van der Waals surface area contributed by atoms with E-state index >= 15 is 0 Å². The Kier molecular flexibility index (Phi) is 5.23. The van der Waals surface area contributed by atoms with Crippen LogP contribution in [0.2, 0.25) is 0 Å². The van der Waals surface area contributed by atoms with Crippen molar-refractivity contribution in [2.75, 3.05) is 13.6 Å². The summed E-state index contributed by atoms with van der Waals surface area (Å²) in [5, 5.41) is 3.18. The van der Waals surface area contributed by atoms with E-state index in [9.17, 15) is 4.39 Å². The summed E-state index contributed by atoms with van der Waals surface area (Å²) in [5.74, 6) is -0.225. The molecule has 0 fully saturated rings. The lowest BCUT2D eigenvalue weighted by atomic mass is 10.0. The van der Waals surface area contributed by atoms with Crippen LogP contribution in [0.25, 0.3) is 0 Å². The summed E-state index contributed by atoms with van der Waals surface area (Å²) in [5.41, 5.74) is 8.21. The lowest BCUT2D eigenvalue weighted by Gasteiger charge is -2.18. The number of benzene rings is 1. The Balaban J connectivity index is 1.80. The highest BCUT2D eigenvalue weighted by Gasteiger charge is 2.09. The van der Waals surface area contributed by atoms with Gasteiger partial charge in [0, 0.05) is 24.5 Å². The summed E-state index contributed by atoms with van der Waals surface area (Å²) in [4.78, 5) is 6.66. The Labute approximate surface area is 123 Å². The number of aryl methyl sites for hydroxylation is 1. The van der Waals surface area contributed by atoms with E-state index in [0.29, 0.717) is 0 Å². The molecular weight excluding hydrogens is 273 g/mol. The smallest absolute Gasteiger partial charge is 0.123 e. The Morgan fingerprint density at radius 3 is 2.65 bits per heavy atom. The molecular formula is C15H20FN3S. The van der Waals surface area contributed by atoms with Crippen LogP contribution in [0.1, 0.15) is 28.7 Å². The van der Waals surface area contributed by atoms with Crippen LogP contribution < -0.4 is 5.73 Å². The van der Waals surface area contributed by atoms with Crippen LogP contribution in [0.4, 0.5) is 4.39 Å². The topological polar surface area (TPSA) is 42.2 Å². The number of thiazole rings is 1. The van der Waals surface area contributed by atoms with Crippen molar-refractivity contribution in [1.29, 1.82) is 0 Å². The Morgan fingerprint density at radius 1 is 1.35 bits per heavy atom. The van der Waals surface area contributed by atoms with Gasteiger partial charge in [0.15, 0.2) is 0 Å². The zero-order chi connectivity index (χ0) is 14.5. The van der Waals surface area contributed by atoms with E-state index < -0.39 is 0 Å². The van der Waals surface area contributed by atoms with Crippen molar-refractivity contribution in [3.8, 4) is 0 Å². The normalized spacial score (nSPS) is 12.8. The molecule has 1 aromatic carbocycles. The van der Waals surface area contributed by atoms with Gasteiger partial charge < -0.3 is 10.6 Å². The van der Waals surface area contributed by atoms with Crippen molar-refractivity contribution in [3.63, 3.8) is 0 Å². The van der Waals surface area contributed by atoms with Crippen LogP contribution in [-0.4, -0.2) is 23.5 Å². The second kappa shape index (κ2) is 6.92. The standard InChI is InChI=1S/C15H20FN3S/c1-11-18-14(10-20-11)9-19(2)8-7-15(17)12-3-5-13(16)6-4-12/h3-6,10,15H,7-9,17H2,1-2H3. The Hall–Kier alpha value is -1.30. The predicted molar refractivity (Wildman–Crippen MR) is 81.1 cm³/mol. The molecule has 1 atom stereocenters. The summed E-state index contributed by atoms with van der Waals surface area (Å²) in [6.07, 6.45) is 0.839. The van der Waals surface area contributed by atoms with Gasteiger partial charge >= 0.3 is 0 Å². The van der Waals surface area contributed by atoms with E-state index in [-0.39, 0.29) is 11.9 Å². The summed E-state index contributed by atoms with van der Waals surface area (Å²) in [6, 6.07) is 6.36. The lowest BCUT2D eigenvalue weighted by Crippen LogP contribution is -2.23. The van der Waals surface area contributed by atoms with Crippen LogP contribution in [0.15, 0.2) is 29.6 Å². The van der Waals surface area contributed by atoms with Crippen molar-refractivity contribution in [2.24, 2.45) is 5.73 Å². The third kappa shape index (κ3) is 4.37. The fourth-order valence-corrected chi connectivity index (χ4v) is 2.68. The molecule has 1 unspecified atom stereocenters. The van der Waals surface area contributed by atoms with Gasteiger partial charge in [-0.15, -0.1) is 11.3 Å². The highest BCUT2D eigenvalue weighted by atomic mass is 32.1. The van der Waals surface area contributed by atoms with Gasteiger partial charge in [-0.2, -0.15) is 0 Å². The quantitative estimate of drug-likeness (QED) is 0.890. The first-order valence-corrected chi connectivity index (χ1v) is 7.53. The maximum atomic E-state index is 12.9. The molecule has 5 heteroatoms. The SMILES string of the molecule is Cc1nc(CN(C)CCC(N)c2ccc(F)cc2)cs1. The number of hydrogen-bond donors (Lipinski definition) is 1. The first-order chi connectivity index (χ1) is 9.54. The van der Waals surface area contributed by atoms with E-state index in [0.717, 1.165) is 35.8 Å². The average Bonchev–Trinajstić information content (AvgIpc) is 2.82. The zero-order valence-corrected chi connectivity index (χ0v) is 12.7. The van der Waals surface area contributed by atoms with Crippen molar-refractivity contribution in [1.82, 2.24) is 9.88 Å². The summed E-state index contributed by atoms with van der Waals surface area (Å²) >= 11 is 1.67. The van der Waals surface area contributed by atoms with Crippen LogP contribution >= 0.6 is 11.3 Å². The van der Waals surface area contributed by atoms with Gasteiger partial charge in [0.25, 0.3) is 0 Å². The second-order valence-corrected chi connectivity index (χ2v) is 6.10. The Morgan fingerprint density at radius 2 is 2.05 bits per heavy atom. The van der Waals surface area contributed by atoms with E-state index in [4.69, 9.17) is 5.73 Å². The molecule has 3 nitrogen and oxygen atoms in total. The molecule has 2 aromatic rings. The number of hydrogen-bond acceptors (Lipinski definition) is 4. The van der Waals surface area contributed by atoms with Crippen LogP contribution in [0.5, 0.6) is 0 Å². The lowest BCUT2D eigenvalue weighted by molar-refractivity contribution is 0.308. The van der Waals surface area contributed by atoms with Gasteiger partial charge in [-0.05, 0) is 38.1 Å². The molecule has 108 valence electrons. The van der Waals surface area contributed by atoms with Gasteiger partial charge in [0.2, 0.25) is 0 Å². The molecule has 0 spiro atoms. The van der Waals surface area contributed by atoms with Crippen molar-refractivity contribution < 1.29 is 4.39 Å². The molecule has 0 bridgehead atoms.